The Morgan fingerprint density at radius 2 is 1.73 bits per heavy atom. The summed E-state index contributed by atoms with van der Waals surface area (Å²) in [7, 11) is -5.74. The van der Waals surface area contributed by atoms with Gasteiger partial charge in [-0.15, -0.1) is 0 Å². The number of hydrogen-bond acceptors (Lipinski definition) is 4. The van der Waals surface area contributed by atoms with E-state index in [1.807, 2.05) is 0 Å². The van der Waals surface area contributed by atoms with Gasteiger partial charge in [-0.05, 0) is 37.4 Å². The number of rotatable bonds is 4. The summed E-state index contributed by atoms with van der Waals surface area (Å²) < 4.78 is 44.1. The Morgan fingerprint density at radius 1 is 1.20 bits per heavy atom. The molecule has 1 aromatic carbocycles. The Kier molecular flexibility index (Phi) is 3.83. The predicted molar refractivity (Wildman–Crippen MR) is 55.9 cm³/mol. The van der Waals surface area contributed by atoms with Crippen molar-refractivity contribution in [2.45, 2.75) is 13.1 Å². The molecule has 0 aliphatic carbocycles. The van der Waals surface area contributed by atoms with E-state index < -0.39 is 25.3 Å². The Bertz CT molecular complexity index is 415. The molecule has 0 aromatic heterocycles. The molecule has 0 aliphatic rings. The summed E-state index contributed by atoms with van der Waals surface area (Å²) in [6.45, 7) is 3.40. The zero-order valence-electron chi connectivity index (χ0n) is 8.31. The van der Waals surface area contributed by atoms with E-state index in [1.54, 1.807) is 13.1 Å². The van der Waals surface area contributed by atoms with Gasteiger partial charge in [0.15, 0.2) is 0 Å². The van der Waals surface area contributed by atoms with Gasteiger partial charge in [-0.3, -0.25) is 3.87 Å². The van der Waals surface area contributed by atoms with Crippen molar-refractivity contribution in [3.8, 4) is 5.75 Å². The molecule has 0 bridgehead atoms. The summed E-state index contributed by atoms with van der Waals surface area (Å²) in [6.07, 6.45) is 0. The van der Waals surface area contributed by atoms with Crippen LogP contribution >= 0.6 is 0 Å². The second-order valence-electron chi connectivity index (χ2n) is 3.09. The minimum absolute atomic E-state index is 0.0334. The van der Waals surface area contributed by atoms with E-state index in [-0.39, 0.29) is 5.75 Å². The van der Waals surface area contributed by atoms with Gasteiger partial charge in [0.05, 0.1) is 0 Å². The second-order valence-corrected chi connectivity index (χ2v) is 6.94. The SMILES string of the molecule is C[SiH](C)OS(=O)(=O)Oc1ccc(F)cc1. The average Bonchev–Trinajstić information content (AvgIpc) is 2.06. The number of halogens is 1. The fourth-order valence-electron chi connectivity index (χ4n) is 0.863. The fraction of sp³-hybridized carbons (Fsp3) is 0.250. The molecule has 84 valence electrons. The first-order chi connectivity index (χ1) is 6.89. The first-order valence-electron chi connectivity index (χ1n) is 4.27. The lowest BCUT2D eigenvalue weighted by atomic mass is 10.3. The summed E-state index contributed by atoms with van der Waals surface area (Å²) in [6, 6.07) is 4.66. The van der Waals surface area contributed by atoms with Crippen LogP contribution in [0.1, 0.15) is 0 Å². The van der Waals surface area contributed by atoms with Crippen molar-refractivity contribution in [2.75, 3.05) is 0 Å². The lowest BCUT2D eigenvalue weighted by molar-refractivity contribution is 0.397. The topological polar surface area (TPSA) is 52.6 Å². The van der Waals surface area contributed by atoms with Crippen LogP contribution in [-0.2, 0) is 14.3 Å². The minimum Gasteiger partial charge on any atom is -0.362 e. The Labute approximate surface area is 89.7 Å². The maximum atomic E-state index is 12.5. The molecule has 4 nitrogen and oxygen atoms in total. The molecular weight excluding hydrogens is 239 g/mol. The molecule has 0 N–H and O–H groups in total. The monoisotopic (exact) mass is 250 g/mol. The molecule has 0 saturated heterocycles. The molecule has 0 atom stereocenters. The van der Waals surface area contributed by atoms with Crippen molar-refractivity contribution in [1.82, 2.24) is 0 Å². The van der Waals surface area contributed by atoms with E-state index in [1.165, 1.54) is 12.1 Å². The Balaban J connectivity index is 2.73. The van der Waals surface area contributed by atoms with Crippen molar-refractivity contribution in [1.29, 1.82) is 0 Å². The highest BCUT2D eigenvalue weighted by Gasteiger charge is 2.15. The van der Waals surface area contributed by atoms with E-state index in [0.29, 0.717) is 0 Å². The molecule has 1 aromatic rings. The molecule has 0 amide bonds. The first kappa shape index (κ1) is 12.1. The zero-order chi connectivity index (χ0) is 11.5. The normalized spacial score (nSPS) is 11.7. The summed E-state index contributed by atoms with van der Waals surface area (Å²) in [5, 5.41) is 0. The minimum atomic E-state index is -4.01. The van der Waals surface area contributed by atoms with Crippen LogP contribution in [0, 0.1) is 5.82 Å². The third-order valence-corrected chi connectivity index (χ3v) is 4.20. The summed E-state index contributed by atoms with van der Waals surface area (Å²) in [5.74, 6) is -0.426. The summed E-state index contributed by atoms with van der Waals surface area (Å²) >= 11 is 0. The highest BCUT2D eigenvalue weighted by atomic mass is 32.3. The summed E-state index contributed by atoms with van der Waals surface area (Å²) in [5.41, 5.74) is 0. The van der Waals surface area contributed by atoms with Gasteiger partial charge in [-0.1, -0.05) is 0 Å². The first-order valence-corrected chi connectivity index (χ1v) is 8.39. The van der Waals surface area contributed by atoms with Crippen LogP contribution in [0.3, 0.4) is 0 Å². The predicted octanol–water partition coefficient (Wildman–Crippen LogP) is 1.45. The standard InChI is InChI=1S/C8H11FO4SSi/c1-15(2)13-14(10,11)12-8-5-3-7(9)4-6-8/h3-6,15H,1-2H3. The molecule has 1 rings (SSSR count). The molecule has 7 heteroatoms. The van der Waals surface area contributed by atoms with Crippen LogP contribution in [0.2, 0.25) is 13.1 Å². The Hall–Kier alpha value is -0.923. The van der Waals surface area contributed by atoms with Gasteiger partial charge >= 0.3 is 10.4 Å². The number of benzene rings is 1. The van der Waals surface area contributed by atoms with Crippen LogP contribution in [0.25, 0.3) is 0 Å². The molecule has 0 radical (unpaired) electrons. The highest BCUT2D eigenvalue weighted by Crippen LogP contribution is 2.14. The van der Waals surface area contributed by atoms with Crippen LogP contribution in [0.5, 0.6) is 5.75 Å². The molecule has 0 aliphatic heterocycles. The fourth-order valence-corrected chi connectivity index (χ4v) is 3.25. The van der Waals surface area contributed by atoms with E-state index >= 15 is 0 Å². The van der Waals surface area contributed by atoms with Gasteiger partial charge in [-0.25, -0.2) is 4.39 Å². The van der Waals surface area contributed by atoms with Gasteiger partial charge in [0.25, 0.3) is 0 Å². The number of hydrogen-bond donors (Lipinski definition) is 0. The van der Waals surface area contributed by atoms with Gasteiger partial charge in [-0.2, -0.15) is 8.42 Å². The molecule has 0 fully saturated rings. The molecule has 0 unspecified atom stereocenters. The van der Waals surface area contributed by atoms with Crippen molar-refractivity contribution in [3.05, 3.63) is 30.1 Å². The Morgan fingerprint density at radius 3 is 2.20 bits per heavy atom. The molecule has 15 heavy (non-hydrogen) atoms. The van der Waals surface area contributed by atoms with E-state index in [2.05, 4.69) is 8.06 Å². The molecule has 0 heterocycles. The van der Waals surface area contributed by atoms with Crippen LogP contribution in [0.15, 0.2) is 24.3 Å². The van der Waals surface area contributed by atoms with Gasteiger partial charge in [0.2, 0.25) is 9.04 Å². The third kappa shape index (κ3) is 4.41. The van der Waals surface area contributed by atoms with Gasteiger partial charge < -0.3 is 4.18 Å². The highest BCUT2D eigenvalue weighted by molar-refractivity contribution is 7.83. The molecule has 0 saturated carbocycles. The second kappa shape index (κ2) is 4.73. The van der Waals surface area contributed by atoms with E-state index in [9.17, 15) is 12.8 Å². The van der Waals surface area contributed by atoms with E-state index in [4.69, 9.17) is 0 Å². The van der Waals surface area contributed by atoms with Crippen LogP contribution in [0.4, 0.5) is 4.39 Å². The average molecular weight is 250 g/mol. The largest absolute Gasteiger partial charge is 0.438 e. The lowest BCUT2D eigenvalue weighted by Gasteiger charge is -2.08. The van der Waals surface area contributed by atoms with Gasteiger partial charge in [0.1, 0.15) is 11.6 Å². The van der Waals surface area contributed by atoms with E-state index in [0.717, 1.165) is 12.1 Å². The van der Waals surface area contributed by atoms with Crippen molar-refractivity contribution < 1.29 is 20.9 Å². The zero-order valence-corrected chi connectivity index (χ0v) is 10.3. The van der Waals surface area contributed by atoms with Gasteiger partial charge in [0, 0.05) is 0 Å². The third-order valence-electron chi connectivity index (χ3n) is 1.32. The van der Waals surface area contributed by atoms with Crippen molar-refractivity contribution in [2.24, 2.45) is 0 Å². The maximum absolute atomic E-state index is 12.5. The molecular formula is C8H11FO4SSi. The van der Waals surface area contributed by atoms with Crippen molar-refractivity contribution in [3.63, 3.8) is 0 Å². The van der Waals surface area contributed by atoms with Crippen molar-refractivity contribution >= 4 is 19.4 Å². The smallest absolute Gasteiger partial charge is 0.362 e. The summed E-state index contributed by atoms with van der Waals surface area (Å²) in [4.78, 5) is 0. The van der Waals surface area contributed by atoms with Crippen LogP contribution < -0.4 is 4.18 Å². The quantitative estimate of drug-likeness (QED) is 0.759. The lowest BCUT2D eigenvalue weighted by Crippen LogP contribution is -2.20. The maximum Gasteiger partial charge on any atom is 0.438 e. The molecule has 0 spiro atoms. The van der Waals surface area contributed by atoms with Crippen LogP contribution in [-0.4, -0.2) is 17.5 Å².